The van der Waals surface area contributed by atoms with E-state index < -0.39 is 5.54 Å². The van der Waals surface area contributed by atoms with Crippen LogP contribution in [0, 0.1) is 0 Å². The normalized spacial score (nSPS) is 19.8. The molecule has 1 saturated heterocycles. The van der Waals surface area contributed by atoms with Crippen LogP contribution >= 0.6 is 0 Å². The van der Waals surface area contributed by atoms with E-state index in [2.05, 4.69) is 10.4 Å². The largest absolute Gasteiger partial charge is 0.462 e. The second-order valence-electron chi connectivity index (χ2n) is 9.00. The second-order valence-corrected chi connectivity index (χ2v) is 9.00. The van der Waals surface area contributed by atoms with Crippen LogP contribution < -0.4 is 10.2 Å². The molecule has 1 fully saturated rings. The standard InChI is InChI=1S/C25H28N4O4/c1-4-32-23(30)16-8-10-18(11-9-16)28-21-14-20-17(13-19(21)27-25(2,3)24(28)31)15-26-29(20)22-7-5-6-12-33-22/h8-11,13-15,22,27H,4-7,12H2,1-3H3. The molecule has 0 saturated carbocycles. The number of aromatic nitrogens is 2. The van der Waals surface area contributed by atoms with Crippen molar-refractivity contribution in [1.29, 1.82) is 0 Å². The van der Waals surface area contributed by atoms with E-state index in [1.165, 1.54) is 0 Å². The molecule has 0 aliphatic carbocycles. The van der Waals surface area contributed by atoms with Gasteiger partial charge in [-0.15, -0.1) is 0 Å². The minimum atomic E-state index is -0.803. The zero-order valence-electron chi connectivity index (χ0n) is 19.1. The van der Waals surface area contributed by atoms with E-state index in [-0.39, 0.29) is 18.1 Å². The number of benzene rings is 2. The van der Waals surface area contributed by atoms with Gasteiger partial charge in [-0.25, -0.2) is 9.48 Å². The molecule has 0 spiro atoms. The molecule has 0 radical (unpaired) electrons. The number of rotatable bonds is 4. The molecule has 3 aromatic rings. The number of fused-ring (bicyclic) bond motifs is 2. The third-order valence-electron chi connectivity index (χ3n) is 6.20. The van der Waals surface area contributed by atoms with Gasteiger partial charge in [0.1, 0.15) is 5.54 Å². The topological polar surface area (TPSA) is 85.7 Å². The summed E-state index contributed by atoms with van der Waals surface area (Å²) in [7, 11) is 0. The van der Waals surface area contributed by atoms with Crippen LogP contribution in [-0.4, -0.2) is 40.4 Å². The minimum absolute atomic E-state index is 0.0850. The van der Waals surface area contributed by atoms with Gasteiger partial charge in [-0.05, 0) is 76.4 Å². The first kappa shape index (κ1) is 21.5. The maximum atomic E-state index is 13.5. The van der Waals surface area contributed by atoms with E-state index in [1.807, 2.05) is 36.9 Å². The van der Waals surface area contributed by atoms with E-state index in [0.717, 1.165) is 48.1 Å². The van der Waals surface area contributed by atoms with Crippen LogP contribution in [0.4, 0.5) is 17.1 Å². The van der Waals surface area contributed by atoms with Crippen molar-refractivity contribution in [3.63, 3.8) is 0 Å². The molecule has 8 nitrogen and oxygen atoms in total. The summed E-state index contributed by atoms with van der Waals surface area (Å²) in [5.74, 6) is -0.465. The molecule has 2 aromatic carbocycles. The van der Waals surface area contributed by atoms with E-state index in [9.17, 15) is 9.59 Å². The zero-order valence-corrected chi connectivity index (χ0v) is 19.1. The average Bonchev–Trinajstić information content (AvgIpc) is 3.22. The van der Waals surface area contributed by atoms with Crippen molar-refractivity contribution in [3.05, 3.63) is 48.2 Å². The van der Waals surface area contributed by atoms with Crippen molar-refractivity contribution < 1.29 is 19.1 Å². The van der Waals surface area contributed by atoms with Crippen LogP contribution in [-0.2, 0) is 14.3 Å². The van der Waals surface area contributed by atoms with Crippen LogP contribution in [0.15, 0.2) is 42.6 Å². The van der Waals surface area contributed by atoms with Crippen LogP contribution in [0.3, 0.4) is 0 Å². The second kappa shape index (κ2) is 8.19. The third-order valence-corrected chi connectivity index (χ3v) is 6.20. The third kappa shape index (κ3) is 3.74. The molecule has 33 heavy (non-hydrogen) atoms. The van der Waals surface area contributed by atoms with Crippen molar-refractivity contribution in [1.82, 2.24) is 9.78 Å². The lowest BCUT2D eigenvalue weighted by Crippen LogP contribution is -2.52. The number of nitrogens with zero attached hydrogens (tertiary/aromatic N) is 3. The summed E-state index contributed by atoms with van der Waals surface area (Å²) in [4.78, 5) is 27.3. The lowest BCUT2D eigenvalue weighted by molar-refractivity contribution is -0.121. The summed E-state index contributed by atoms with van der Waals surface area (Å²) < 4.78 is 13.0. The van der Waals surface area contributed by atoms with Gasteiger partial charge in [-0.3, -0.25) is 9.69 Å². The fraction of sp³-hybridized carbons (Fsp3) is 0.400. The molecule has 2 aliphatic rings. The van der Waals surface area contributed by atoms with E-state index in [1.54, 1.807) is 36.1 Å². The average molecular weight is 449 g/mol. The van der Waals surface area contributed by atoms with Gasteiger partial charge in [0.2, 0.25) is 0 Å². The maximum Gasteiger partial charge on any atom is 0.338 e. The molecule has 1 aromatic heterocycles. The maximum absolute atomic E-state index is 13.5. The molecule has 1 atom stereocenters. The quantitative estimate of drug-likeness (QED) is 0.578. The van der Waals surface area contributed by atoms with Crippen LogP contribution in [0.5, 0.6) is 0 Å². The molecule has 8 heteroatoms. The monoisotopic (exact) mass is 448 g/mol. The Morgan fingerprint density at radius 2 is 2.03 bits per heavy atom. The Morgan fingerprint density at radius 3 is 2.73 bits per heavy atom. The first-order valence-electron chi connectivity index (χ1n) is 11.4. The predicted octanol–water partition coefficient (Wildman–Crippen LogP) is 4.78. The number of hydrogen-bond acceptors (Lipinski definition) is 6. The number of nitrogens with one attached hydrogen (secondary N) is 1. The van der Waals surface area contributed by atoms with Gasteiger partial charge in [-0.2, -0.15) is 5.10 Å². The number of esters is 1. The summed E-state index contributed by atoms with van der Waals surface area (Å²) in [6.07, 6.45) is 4.82. The molecule has 172 valence electrons. The van der Waals surface area contributed by atoms with Crippen molar-refractivity contribution in [2.24, 2.45) is 0 Å². The number of carbonyl (C=O) groups excluding carboxylic acids is 2. The molecular formula is C25H28N4O4. The van der Waals surface area contributed by atoms with Crippen molar-refractivity contribution in [3.8, 4) is 0 Å². The zero-order chi connectivity index (χ0) is 23.2. The van der Waals surface area contributed by atoms with E-state index in [4.69, 9.17) is 9.47 Å². The SMILES string of the molecule is CCOC(=O)c1ccc(N2C(=O)C(C)(C)Nc3cc4cnn(C5CCCCO5)c4cc32)cc1. The Hall–Kier alpha value is -3.39. The number of ether oxygens (including phenoxy) is 2. The fourth-order valence-corrected chi connectivity index (χ4v) is 4.51. The van der Waals surface area contributed by atoms with E-state index >= 15 is 0 Å². The molecule has 0 bridgehead atoms. The highest BCUT2D eigenvalue weighted by Gasteiger charge is 2.40. The predicted molar refractivity (Wildman–Crippen MR) is 126 cm³/mol. The first-order chi connectivity index (χ1) is 15.9. The number of hydrogen-bond donors (Lipinski definition) is 1. The molecule has 2 aliphatic heterocycles. The fourth-order valence-electron chi connectivity index (χ4n) is 4.51. The lowest BCUT2D eigenvalue weighted by atomic mass is 9.96. The van der Waals surface area contributed by atoms with Crippen LogP contribution in [0.1, 0.15) is 56.6 Å². The Kier molecular flexibility index (Phi) is 5.32. The van der Waals surface area contributed by atoms with Gasteiger partial charge >= 0.3 is 5.97 Å². The number of anilines is 3. The number of amides is 1. The van der Waals surface area contributed by atoms with E-state index in [0.29, 0.717) is 17.9 Å². The minimum Gasteiger partial charge on any atom is -0.462 e. The summed E-state index contributed by atoms with van der Waals surface area (Å²) >= 11 is 0. The van der Waals surface area contributed by atoms with Gasteiger partial charge in [-0.1, -0.05) is 0 Å². The van der Waals surface area contributed by atoms with Crippen molar-refractivity contribution >= 4 is 39.8 Å². The summed E-state index contributed by atoms with van der Waals surface area (Å²) in [5.41, 5.74) is 2.85. The Morgan fingerprint density at radius 1 is 1.24 bits per heavy atom. The number of carbonyl (C=O) groups is 2. The highest BCUT2D eigenvalue weighted by Crippen LogP contribution is 2.43. The van der Waals surface area contributed by atoms with Gasteiger partial charge in [0.05, 0.1) is 35.3 Å². The first-order valence-corrected chi connectivity index (χ1v) is 11.4. The van der Waals surface area contributed by atoms with Gasteiger partial charge < -0.3 is 14.8 Å². The molecule has 3 heterocycles. The van der Waals surface area contributed by atoms with Gasteiger partial charge in [0, 0.05) is 17.7 Å². The molecule has 5 rings (SSSR count). The Labute approximate surface area is 192 Å². The van der Waals surface area contributed by atoms with Crippen LogP contribution in [0.25, 0.3) is 10.9 Å². The van der Waals surface area contributed by atoms with Crippen LogP contribution in [0.2, 0.25) is 0 Å². The van der Waals surface area contributed by atoms with Crippen molar-refractivity contribution in [2.45, 2.75) is 51.8 Å². The summed E-state index contributed by atoms with van der Waals surface area (Å²) in [6, 6.07) is 11.0. The highest BCUT2D eigenvalue weighted by molar-refractivity contribution is 6.14. The van der Waals surface area contributed by atoms with Crippen molar-refractivity contribution in [2.75, 3.05) is 23.4 Å². The smallest absolute Gasteiger partial charge is 0.338 e. The molecule has 1 N–H and O–H groups in total. The molecular weight excluding hydrogens is 420 g/mol. The van der Waals surface area contributed by atoms with Gasteiger partial charge in [0.25, 0.3) is 5.91 Å². The summed E-state index contributed by atoms with van der Waals surface area (Å²) in [5, 5.41) is 8.96. The lowest BCUT2D eigenvalue weighted by Gasteiger charge is -2.40. The van der Waals surface area contributed by atoms with Gasteiger partial charge in [0.15, 0.2) is 6.23 Å². The molecule has 1 unspecified atom stereocenters. The summed E-state index contributed by atoms with van der Waals surface area (Å²) in [6.45, 7) is 6.54. The highest BCUT2D eigenvalue weighted by atomic mass is 16.5. The Bertz CT molecular complexity index is 1210. The Balaban J connectivity index is 1.60. The molecule has 1 amide bonds.